The quantitative estimate of drug-likeness (QED) is 0.730. The summed E-state index contributed by atoms with van der Waals surface area (Å²) in [4.78, 5) is 11.7. The third-order valence-corrected chi connectivity index (χ3v) is 6.54. The molecule has 158 valence electrons. The van der Waals surface area contributed by atoms with E-state index in [0.29, 0.717) is 22.1 Å². The molecule has 0 fully saturated rings. The highest BCUT2D eigenvalue weighted by atomic mass is 35.5. The number of aryl methyl sites for hydroxylation is 3. The Balaban J connectivity index is 2.26. The molecule has 29 heavy (non-hydrogen) atoms. The van der Waals surface area contributed by atoms with Crippen LogP contribution in [0.15, 0.2) is 35.2 Å². The zero-order valence-corrected chi connectivity index (χ0v) is 17.8. The number of nitrogens with zero attached hydrogens (tertiary/aromatic N) is 1. The summed E-state index contributed by atoms with van der Waals surface area (Å²) in [5, 5.41) is 2.29. The van der Waals surface area contributed by atoms with Crippen molar-refractivity contribution in [2.45, 2.75) is 31.8 Å². The molecule has 1 amide bonds. The molecule has 0 aliphatic rings. The molecule has 0 heterocycles. The van der Waals surface area contributed by atoms with Gasteiger partial charge in [-0.3, -0.25) is 4.79 Å². The van der Waals surface area contributed by atoms with E-state index in [1.807, 2.05) is 19.1 Å². The molecule has 0 saturated carbocycles. The van der Waals surface area contributed by atoms with Gasteiger partial charge in [-0.05, 0) is 50.1 Å². The van der Waals surface area contributed by atoms with Crippen LogP contribution in [0.3, 0.4) is 0 Å². The Labute approximate surface area is 172 Å². The van der Waals surface area contributed by atoms with Crippen LogP contribution in [0, 0.1) is 20.8 Å². The van der Waals surface area contributed by atoms with Crippen LogP contribution in [0.4, 0.5) is 18.9 Å². The van der Waals surface area contributed by atoms with E-state index in [1.54, 1.807) is 13.8 Å². The SMILES string of the molecule is Cc1cc(C)c(NC(=O)CN(C)S(=O)(=O)c2cc(C(F)(F)F)ccc2Cl)c(C)c1. The number of carbonyl (C=O) groups excluding carboxylic acids is 1. The fraction of sp³-hybridized carbons (Fsp3) is 0.316. The lowest BCUT2D eigenvalue weighted by Crippen LogP contribution is -2.35. The van der Waals surface area contributed by atoms with E-state index >= 15 is 0 Å². The number of halogens is 4. The molecule has 2 aromatic rings. The highest BCUT2D eigenvalue weighted by Gasteiger charge is 2.34. The number of anilines is 1. The second kappa shape index (κ2) is 8.33. The summed E-state index contributed by atoms with van der Waals surface area (Å²) in [6.07, 6.45) is -4.73. The maximum Gasteiger partial charge on any atom is 0.416 e. The molecule has 0 bridgehead atoms. The zero-order chi connectivity index (χ0) is 22.1. The monoisotopic (exact) mass is 448 g/mol. The van der Waals surface area contributed by atoms with Crippen molar-refractivity contribution < 1.29 is 26.4 Å². The number of benzene rings is 2. The topological polar surface area (TPSA) is 66.5 Å². The molecule has 0 unspecified atom stereocenters. The molecular weight excluding hydrogens is 429 g/mol. The first-order chi connectivity index (χ1) is 13.2. The van der Waals surface area contributed by atoms with Gasteiger partial charge in [-0.1, -0.05) is 29.3 Å². The molecule has 0 radical (unpaired) electrons. The standard InChI is InChI=1S/C19H20ClF3N2O3S/c1-11-7-12(2)18(13(3)8-11)24-17(26)10-25(4)29(27,28)16-9-14(19(21,22)23)5-6-15(16)20/h5-9H,10H2,1-4H3,(H,24,26). The molecule has 0 spiro atoms. The van der Waals surface area contributed by atoms with Gasteiger partial charge in [0, 0.05) is 12.7 Å². The van der Waals surface area contributed by atoms with Crippen molar-refractivity contribution in [2.24, 2.45) is 0 Å². The summed E-state index contributed by atoms with van der Waals surface area (Å²) in [5.41, 5.74) is 2.04. The first-order valence-electron chi connectivity index (χ1n) is 8.44. The van der Waals surface area contributed by atoms with Crippen molar-refractivity contribution in [3.8, 4) is 0 Å². The summed E-state index contributed by atoms with van der Waals surface area (Å²) in [6.45, 7) is 4.92. The number of likely N-dealkylation sites (N-methyl/N-ethyl adjacent to an activating group) is 1. The summed E-state index contributed by atoms with van der Waals surface area (Å²) in [7, 11) is -3.33. The van der Waals surface area contributed by atoms with E-state index in [0.717, 1.165) is 29.8 Å². The van der Waals surface area contributed by atoms with E-state index in [4.69, 9.17) is 11.6 Å². The van der Waals surface area contributed by atoms with Gasteiger partial charge in [0.05, 0.1) is 17.1 Å². The predicted octanol–water partition coefficient (Wildman–Crippen LogP) is 4.54. The van der Waals surface area contributed by atoms with Crippen molar-refractivity contribution in [1.29, 1.82) is 0 Å². The fourth-order valence-corrected chi connectivity index (χ4v) is 4.51. The van der Waals surface area contributed by atoms with Crippen LogP contribution < -0.4 is 5.32 Å². The third kappa shape index (κ3) is 5.29. The Morgan fingerprint density at radius 2 is 1.66 bits per heavy atom. The average Bonchev–Trinajstić information content (AvgIpc) is 2.57. The van der Waals surface area contributed by atoms with Crippen molar-refractivity contribution in [2.75, 3.05) is 18.9 Å². The minimum atomic E-state index is -4.73. The predicted molar refractivity (Wildman–Crippen MR) is 106 cm³/mol. The van der Waals surface area contributed by atoms with Crippen LogP contribution in [0.5, 0.6) is 0 Å². The van der Waals surface area contributed by atoms with Gasteiger partial charge in [-0.25, -0.2) is 8.42 Å². The number of rotatable bonds is 5. The number of alkyl halides is 3. The van der Waals surface area contributed by atoms with Gasteiger partial charge in [0.1, 0.15) is 4.90 Å². The number of carbonyl (C=O) groups is 1. The first-order valence-corrected chi connectivity index (χ1v) is 10.3. The van der Waals surface area contributed by atoms with E-state index in [-0.39, 0.29) is 5.02 Å². The summed E-state index contributed by atoms with van der Waals surface area (Å²) >= 11 is 5.82. The molecule has 2 rings (SSSR count). The van der Waals surface area contributed by atoms with Gasteiger partial charge in [0.25, 0.3) is 0 Å². The third-order valence-electron chi connectivity index (χ3n) is 4.25. The van der Waals surface area contributed by atoms with Crippen molar-refractivity contribution >= 4 is 33.2 Å². The molecule has 2 aromatic carbocycles. The van der Waals surface area contributed by atoms with Gasteiger partial charge in [-0.15, -0.1) is 0 Å². The first kappa shape index (κ1) is 23.2. The normalized spacial score (nSPS) is 12.3. The number of hydrogen-bond acceptors (Lipinski definition) is 3. The minimum Gasteiger partial charge on any atom is -0.324 e. The van der Waals surface area contributed by atoms with Crippen molar-refractivity contribution in [3.63, 3.8) is 0 Å². The van der Waals surface area contributed by atoms with Gasteiger partial charge >= 0.3 is 6.18 Å². The number of amides is 1. The maximum absolute atomic E-state index is 12.9. The lowest BCUT2D eigenvalue weighted by molar-refractivity contribution is -0.137. The van der Waals surface area contributed by atoms with Crippen LogP contribution in [-0.4, -0.2) is 32.2 Å². The van der Waals surface area contributed by atoms with Gasteiger partial charge in [0.2, 0.25) is 15.9 Å². The van der Waals surface area contributed by atoms with E-state index in [9.17, 15) is 26.4 Å². The second-order valence-electron chi connectivity index (χ2n) is 6.73. The molecule has 0 saturated heterocycles. The Hall–Kier alpha value is -2.10. The molecule has 0 aromatic heterocycles. The van der Waals surface area contributed by atoms with Crippen LogP contribution in [0.2, 0.25) is 5.02 Å². The Kier molecular flexibility index (Phi) is 6.66. The van der Waals surface area contributed by atoms with Crippen molar-refractivity contribution in [1.82, 2.24) is 4.31 Å². The van der Waals surface area contributed by atoms with Gasteiger partial charge in [0.15, 0.2) is 0 Å². The van der Waals surface area contributed by atoms with E-state index < -0.39 is 39.1 Å². The summed E-state index contributed by atoms with van der Waals surface area (Å²) < 4.78 is 64.8. The zero-order valence-electron chi connectivity index (χ0n) is 16.2. The van der Waals surface area contributed by atoms with Gasteiger partial charge < -0.3 is 5.32 Å². The number of sulfonamides is 1. The molecule has 10 heteroatoms. The lowest BCUT2D eigenvalue weighted by Gasteiger charge is -2.19. The lowest BCUT2D eigenvalue weighted by atomic mass is 10.1. The fourth-order valence-electron chi connectivity index (χ4n) is 2.89. The van der Waals surface area contributed by atoms with Crippen LogP contribution in [-0.2, 0) is 21.0 Å². The Bertz CT molecular complexity index is 1030. The summed E-state index contributed by atoms with van der Waals surface area (Å²) in [6, 6.07) is 5.75. The molecule has 0 aliphatic carbocycles. The minimum absolute atomic E-state index is 0.365. The summed E-state index contributed by atoms with van der Waals surface area (Å²) in [5.74, 6) is -0.630. The average molecular weight is 449 g/mol. The van der Waals surface area contributed by atoms with Gasteiger partial charge in [-0.2, -0.15) is 17.5 Å². The van der Waals surface area contributed by atoms with Crippen LogP contribution in [0.25, 0.3) is 0 Å². The molecule has 1 N–H and O–H groups in total. The smallest absolute Gasteiger partial charge is 0.324 e. The maximum atomic E-state index is 12.9. The Morgan fingerprint density at radius 3 is 2.17 bits per heavy atom. The van der Waals surface area contributed by atoms with Crippen LogP contribution >= 0.6 is 11.6 Å². The Morgan fingerprint density at radius 1 is 1.10 bits per heavy atom. The van der Waals surface area contributed by atoms with Crippen LogP contribution in [0.1, 0.15) is 22.3 Å². The number of nitrogens with one attached hydrogen (secondary N) is 1. The molecular formula is C19H20ClF3N2O3S. The number of hydrogen-bond donors (Lipinski definition) is 1. The largest absolute Gasteiger partial charge is 0.416 e. The molecule has 0 aliphatic heterocycles. The van der Waals surface area contributed by atoms with Crippen molar-refractivity contribution in [3.05, 3.63) is 57.6 Å². The highest BCUT2D eigenvalue weighted by Crippen LogP contribution is 2.34. The second-order valence-corrected chi connectivity index (χ2v) is 9.15. The van der Waals surface area contributed by atoms with E-state index in [1.165, 1.54) is 0 Å². The van der Waals surface area contributed by atoms with E-state index in [2.05, 4.69) is 5.32 Å². The molecule has 0 atom stereocenters. The highest BCUT2D eigenvalue weighted by molar-refractivity contribution is 7.89. The molecule has 5 nitrogen and oxygen atoms in total.